The molecular formula is C35H36N2O7. The number of methoxy groups -OCH3 is 2. The molecule has 0 unspecified atom stereocenters. The summed E-state index contributed by atoms with van der Waals surface area (Å²) in [6.07, 6.45) is 0.232. The van der Waals surface area contributed by atoms with Gasteiger partial charge in [-0.15, -0.1) is 0 Å². The quantitative estimate of drug-likeness (QED) is 0.187. The number of carboxylic acid groups (broad SMARTS) is 1. The molecule has 9 heteroatoms. The standard InChI is InChI=1S/C35H36N2O7/c1-43-31-17-16-24(22-32(31)44-2)18-20-37(21-19-33(39)40)35(42)29-15-9-7-13-27(29)26-12-6-8-14-28(26)34(41)36-30(23-38)25-10-4-3-5-11-25/h3-17,22,30,38H,18-21,23H2,1-2H3,(H,36,41)(H,39,40)/t30-/m0/s1. The Bertz CT molecular complexity index is 1590. The predicted molar refractivity (Wildman–Crippen MR) is 167 cm³/mol. The van der Waals surface area contributed by atoms with E-state index in [-0.39, 0.29) is 32.0 Å². The zero-order valence-corrected chi connectivity index (χ0v) is 24.7. The number of carbonyl (C=O) groups excluding carboxylic acids is 2. The molecule has 0 bridgehead atoms. The van der Waals surface area contributed by atoms with Crippen LogP contribution in [0.4, 0.5) is 0 Å². The molecule has 0 saturated carbocycles. The largest absolute Gasteiger partial charge is 0.493 e. The molecule has 0 spiro atoms. The van der Waals surface area contributed by atoms with Crippen LogP contribution in [0.15, 0.2) is 97.1 Å². The first-order valence-corrected chi connectivity index (χ1v) is 14.2. The number of amides is 2. The Morgan fingerprint density at radius 3 is 2.02 bits per heavy atom. The van der Waals surface area contributed by atoms with E-state index in [1.807, 2.05) is 42.5 Å². The molecule has 1 atom stereocenters. The Morgan fingerprint density at radius 1 is 0.773 bits per heavy atom. The maximum Gasteiger partial charge on any atom is 0.305 e. The number of nitrogens with one attached hydrogen (secondary N) is 1. The van der Waals surface area contributed by atoms with Gasteiger partial charge in [-0.25, -0.2) is 0 Å². The molecule has 4 aromatic rings. The molecule has 4 rings (SSSR count). The molecule has 0 aromatic heterocycles. The van der Waals surface area contributed by atoms with Crippen LogP contribution in [0.2, 0.25) is 0 Å². The number of aliphatic hydroxyl groups is 1. The fourth-order valence-electron chi connectivity index (χ4n) is 4.99. The minimum atomic E-state index is -1.01. The van der Waals surface area contributed by atoms with Crippen LogP contribution in [-0.4, -0.2) is 66.8 Å². The van der Waals surface area contributed by atoms with Gasteiger partial charge in [0.1, 0.15) is 0 Å². The molecule has 4 aromatic carbocycles. The number of benzene rings is 4. The van der Waals surface area contributed by atoms with Crippen molar-refractivity contribution < 1.29 is 34.1 Å². The van der Waals surface area contributed by atoms with Crippen LogP contribution in [0.25, 0.3) is 11.1 Å². The minimum absolute atomic E-state index is 0.00712. The summed E-state index contributed by atoms with van der Waals surface area (Å²) >= 11 is 0. The second-order valence-electron chi connectivity index (χ2n) is 10.1. The van der Waals surface area contributed by atoms with Crippen molar-refractivity contribution in [3.8, 4) is 22.6 Å². The van der Waals surface area contributed by atoms with E-state index >= 15 is 0 Å². The van der Waals surface area contributed by atoms with Gasteiger partial charge in [0.25, 0.3) is 11.8 Å². The predicted octanol–water partition coefficient (Wildman–Crippen LogP) is 4.99. The van der Waals surface area contributed by atoms with Gasteiger partial charge in [0.2, 0.25) is 0 Å². The van der Waals surface area contributed by atoms with E-state index in [4.69, 9.17) is 9.47 Å². The lowest BCUT2D eigenvalue weighted by atomic mass is 9.94. The number of aliphatic carboxylic acids is 1. The first-order chi connectivity index (χ1) is 21.4. The third-order valence-corrected chi connectivity index (χ3v) is 7.31. The average Bonchev–Trinajstić information content (AvgIpc) is 3.06. The van der Waals surface area contributed by atoms with Crippen LogP contribution in [0.3, 0.4) is 0 Å². The zero-order chi connectivity index (χ0) is 31.5. The Labute approximate surface area is 256 Å². The number of carbonyl (C=O) groups is 3. The summed E-state index contributed by atoms with van der Waals surface area (Å²) in [6.45, 7) is -0.0217. The minimum Gasteiger partial charge on any atom is -0.493 e. The number of ether oxygens (including phenoxy) is 2. The molecule has 0 aliphatic rings. The van der Waals surface area contributed by atoms with Gasteiger partial charge in [0.15, 0.2) is 11.5 Å². The first-order valence-electron chi connectivity index (χ1n) is 14.2. The lowest BCUT2D eigenvalue weighted by molar-refractivity contribution is -0.137. The smallest absolute Gasteiger partial charge is 0.305 e. The summed E-state index contributed by atoms with van der Waals surface area (Å²) in [5, 5.41) is 22.3. The Hall–Kier alpha value is -5.15. The van der Waals surface area contributed by atoms with E-state index in [1.54, 1.807) is 68.8 Å². The average molecular weight is 597 g/mol. The molecule has 0 aliphatic carbocycles. The van der Waals surface area contributed by atoms with Crippen molar-refractivity contribution in [1.29, 1.82) is 0 Å². The van der Waals surface area contributed by atoms with Crippen LogP contribution in [0.5, 0.6) is 11.5 Å². The van der Waals surface area contributed by atoms with Crippen LogP contribution in [-0.2, 0) is 11.2 Å². The van der Waals surface area contributed by atoms with Gasteiger partial charge in [-0.05, 0) is 52.9 Å². The molecule has 3 N–H and O–H groups in total. The van der Waals surface area contributed by atoms with Gasteiger partial charge in [-0.1, -0.05) is 72.8 Å². The SMILES string of the molecule is COc1ccc(CCN(CCC(=O)O)C(=O)c2ccccc2-c2ccccc2C(=O)N[C@@H](CO)c2ccccc2)cc1OC. The molecule has 0 heterocycles. The maximum absolute atomic E-state index is 14.0. The molecular weight excluding hydrogens is 560 g/mol. The summed E-state index contributed by atoms with van der Waals surface area (Å²) < 4.78 is 10.7. The first kappa shape index (κ1) is 31.8. The second-order valence-corrected chi connectivity index (χ2v) is 10.1. The van der Waals surface area contributed by atoms with Crippen LogP contribution >= 0.6 is 0 Å². The maximum atomic E-state index is 14.0. The molecule has 0 saturated heterocycles. The van der Waals surface area contributed by atoms with Gasteiger partial charge in [-0.3, -0.25) is 14.4 Å². The lowest BCUT2D eigenvalue weighted by Crippen LogP contribution is -2.35. The van der Waals surface area contributed by atoms with Crippen molar-refractivity contribution in [3.05, 3.63) is 119 Å². The van der Waals surface area contributed by atoms with Gasteiger partial charge in [0, 0.05) is 24.2 Å². The molecule has 2 amide bonds. The highest BCUT2D eigenvalue weighted by atomic mass is 16.5. The van der Waals surface area contributed by atoms with E-state index in [0.29, 0.717) is 40.2 Å². The third kappa shape index (κ3) is 7.81. The van der Waals surface area contributed by atoms with E-state index in [9.17, 15) is 24.6 Å². The van der Waals surface area contributed by atoms with Gasteiger partial charge < -0.3 is 29.9 Å². The number of hydrogen-bond donors (Lipinski definition) is 3. The monoisotopic (exact) mass is 596 g/mol. The lowest BCUT2D eigenvalue weighted by Gasteiger charge is -2.24. The Kier molecular flexibility index (Phi) is 11.1. The van der Waals surface area contributed by atoms with Crippen molar-refractivity contribution >= 4 is 17.8 Å². The number of carboxylic acids is 1. The summed E-state index contributed by atoms with van der Waals surface area (Å²) in [5.74, 6) is -0.622. The third-order valence-electron chi connectivity index (χ3n) is 7.31. The van der Waals surface area contributed by atoms with Crippen molar-refractivity contribution in [2.45, 2.75) is 18.9 Å². The molecule has 44 heavy (non-hydrogen) atoms. The van der Waals surface area contributed by atoms with Crippen molar-refractivity contribution in [2.75, 3.05) is 33.9 Å². The van der Waals surface area contributed by atoms with Gasteiger partial charge in [-0.2, -0.15) is 0 Å². The van der Waals surface area contributed by atoms with E-state index in [0.717, 1.165) is 11.1 Å². The van der Waals surface area contributed by atoms with E-state index in [2.05, 4.69) is 5.32 Å². The van der Waals surface area contributed by atoms with Crippen LogP contribution in [0.1, 0.15) is 44.3 Å². The summed E-state index contributed by atoms with van der Waals surface area (Å²) in [4.78, 5) is 40.6. The molecule has 9 nitrogen and oxygen atoms in total. The summed E-state index contributed by atoms with van der Waals surface area (Å²) in [7, 11) is 3.10. The van der Waals surface area contributed by atoms with Gasteiger partial charge in [0.05, 0.1) is 33.3 Å². The molecule has 0 aliphatic heterocycles. The van der Waals surface area contributed by atoms with Crippen molar-refractivity contribution in [3.63, 3.8) is 0 Å². The molecule has 0 fully saturated rings. The topological polar surface area (TPSA) is 125 Å². The van der Waals surface area contributed by atoms with Crippen molar-refractivity contribution in [1.82, 2.24) is 10.2 Å². The molecule has 228 valence electrons. The normalized spacial score (nSPS) is 11.3. The summed E-state index contributed by atoms with van der Waals surface area (Å²) in [6, 6.07) is 28.0. The summed E-state index contributed by atoms with van der Waals surface area (Å²) in [5.41, 5.74) is 3.41. The highest BCUT2D eigenvalue weighted by molar-refractivity contribution is 6.06. The van der Waals surface area contributed by atoms with Crippen LogP contribution in [0, 0.1) is 0 Å². The van der Waals surface area contributed by atoms with Crippen LogP contribution < -0.4 is 14.8 Å². The number of aliphatic hydroxyl groups excluding tert-OH is 1. The number of rotatable bonds is 14. The zero-order valence-electron chi connectivity index (χ0n) is 24.7. The fourth-order valence-corrected chi connectivity index (χ4v) is 4.99. The number of nitrogens with zero attached hydrogens (tertiary/aromatic N) is 1. The fraction of sp³-hybridized carbons (Fsp3) is 0.229. The highest BCUT2D eigenvalue weighted by Crippen LogP contribution is 2.30. The molecule has 0 radical (unpaired) electrons. The number of hydrogen-bond acceptors (Lipinski definition) is 6. The Balaban J connectivity index is 1.63. The highest BCUT2D eigenvalue weighted by Gasteiger charge is 2.24. The van der Waals surface area contributed by atoms with E-state index in [1.165, 1.54) is 4.90 Å². The van der Waals surface area contributed by atoms with E-state index < -0.39 is 17.9 Å². The Morgan fingerprint density at radius 2 is 1.39 bits per heavy atom. The van der Waals surface area contributed by atoms with Gasteiger partial charge >= 0.3 is 5.97 Å². The second kappa shape index (κ2) is 15.4. The van der Waals surface area contributed by atoms with Crippen molar-refractivity contribution in [2.24, 2.45) is 0 Å².